The van der Waals surface area contributed by atoms with E-state index in [-0.39, 0.29) is 11.3 Å². The smallest absolute Gasteiger partial charge is 0.256 e. The fraction of sp³-hybridized carbons (Fsp3) is 0.571. The fourth-order valence-electron chi connectivity index (χ4n) is 5.13. The van der Waals surface area contributed by atoms with Gasteiger partial charge in [0.05, 0.1) is 17.7 Å². The van der Waals surface area contributed by atoms with Crippen LogP contribution in [0, 0.1) is 5.41 Å². The van der Waals surface area contributed by atoms with Gasteiger partial charge in [0.25, 0.3) is 5.91 Å². The Morgan fingerprint density at radius 3 is 2.96 bits per heavy atom. The maximum Gasteiger partial charge on any atom is 0.256 e. The minimum Gasteiger partial charge on any atom is -0.381 e. The van der Waals surface area contributed by atoms with E-state index in [0.29, 0.717) is 0 Å². The molecule has 2 fully saturated rings. The van der Waals surface area contributed by atoms with Gasteiger partial charge < -0.3 is 14.6 Å². The van der Waals surface area contributed by atoms with Crippen LogP contribution in [0.25, 0.3) is 10.9 Å². The number of hydrogen-bond donors (Lipinski definition) is 1. The summed E-state index contributed by atoms with van der Waals surface area (Å²) in [5, 5.41) is 1.26. The zero-order chi connectivity index (χ0) is 16.9. The van der Waals surface area contributed by atoms with Gasteiger partial charge in [-0.1, -0.05) is 12.1 Å². The number of carbonyl (C=O) groups excluding carboxylic acids is 1. The summed E-state index contributed by atoms with van der Waals surface area (Å²) in [5.74, 6) is 0.190. The molecule has 3 heterocycles. The van der Waals surface area contributed by atoms with Gasteiger partial charge in [0.15, 0.2) is 0 Å². The van der Waals surface area contributed by atoms with E-state index in [9.17, 15) is 4.79 Å². The van der Waals surface area contributed by atoms with E-state index in [1.165, 1.54) is 35.9 Å². The molecule has 0 unspecified atom stereocenters. The quantitative estimate of drug-likeness (QED) is 0.862. The Morgan fingerprint density at radius 1 is 1.16 bits per heavy atom. The maximum absolute atomic E-state index is 13.3. The lowest BCUT2D eigenvalue weighted by Crippen LogP contribution is -2.46. The fourth-order valence-corrected chi connectivity index (χ4v) is 5.13. The summed E-state index contributed by atoms with van der Waals surface area (Å²) in [7, 11) is 0. The highest BCUT2D eigenvalue weighted by Gasteiger charge is 2.40. The van der Waals surface area contributed by atoms with Crippen molar-refractivity contribution in [2.45, 2.75) is 44.9 Å². The number of aromatic amines is 1. The summed E-state index contributed by atoms with van der Waals surface area (Å²) in [6, 6.07) is 6.23. The monoisotopic (exact) mass is 338 g/mol. The second-order valence-corrected chi connectivity index (χ2v) is 8.15. The number of nitrogens with zero attached hydrogens (tertiary/aromatic N) is 1. The lowest BCUT2D eigenvalue weighted by molar-refractivity contribution is 0.0464. The lowest BCUT2D eigenvalue weighted by atomic mass is 9.79. The number of aryl methyl sites for hydroxylation is 2. The normalized spacial score (nSPS) is 26.3. The van der Waals surface area contributed by atoms with Crippen molar-refractivity contribution in [3.63, 3.8) is 0 Å². The summed E-state index contributed by atoms with van der Waals surface area (Å²) in [5.41, 5.74) is 4.90. The van der Waals surface area contributed by atoms with Gasteiger partial charge in [-0.25, -0.2) is 0 Å². The first kappa shape index (κ1) is 15.4. The number of piperidine rings is 1. The third-order valence-corrected chi connectivity index (χ3v) is 6.50. The molecule has 5 rings (SSSR count). The molecule has 1 N–H and O–H groups in total. The number of amides is 1. The highest BCUT2D eigenvalue weighted by molar-refractivity contribution is 6.06. The summed E-state index contributed by atoms with van der Waals surface area (Å²) in [6.07, 6.45) is 8.13. The minimum absolute atomic E-state index is 0.190. The van der Waals surface area contributed by atoms with E-state index < -0.39 is 0 Å². The van der Waals surface area contributed by atoms with Gasteiger partial charge in [-0.15, -0.1) is 0 Å². The molecule has 4 heteroatoms. The first-order valence-corrected chi connectivity index (χ1v) is 9.75. The molecule has 1 amide bonds. The van der Waals surface area contributed by atoms with E-state index in [2.05, 4.69) is 22.0 Å². The molecule has 1 atom stereocenters. The molecular weight excluding hydrogens is 312 g/mol. The molecule has 2 saturated heterocycles. The van der Waals surface area contributed by atoms with E-state index in [4.69, 9.17) is 4.74 Å². The number of likely N-dealkylation sites (tertiary alicyclic amines) is 1. The van der Waals surface area contributed by atoms with Crippen LogP contribution in [0.1, 0.15) is 53.7 Å². The number of aromatic nitrogens is 1. The summed E-state index contributed by atoms with van der Waals surface area (Å²) < 4.78 is 5.65. The average molecular weight is 338 g/mol. The second kappa shape index (κ2) is 5.87. The van der Waals surface area contributed by atoms with Crippen LogP contribution in [0.5, 0.6) is 0 Å². The predicted octanol–water partition coefficient (Wildman–Crippen LogP) is 3.69. The Hall–Kier alpha value is -1.81. The van der Waals surface area contributed by atoms with Gasteiger partial charge in [0, 0.05) is 36.2 Å². The molecular formula is C21H26N2O2. The number of rotatable bonds is 1. The number of ether oxygens (including phenoxy) is 1. The van der Waals surface area contributed by atoms with Gasteiger partial charge in [-0.2, -0.15) is 0 Å². The molecule has 1 aliphatic carbocycles. The maximum atomic E-state index is 13.3. The van der Waals surface area contributed by atoms with Gasteiger partial charge in [-0.3, -0.25) is 4.79 Å². The molecule has 25 heavy (non-hydrogen) atoms. The molecule has 132 valence electrons. The first-order valence-electron chi connectivity index (χ1n) is 9.75. The first-order chi connectivity index (χ1) is 12.3. The largest absolute Gasteiger partial charge is 0.381 e. The van der Waals surface area contributed by atoms with Gasteiger partial charge in [-0.05, 0) is 56.6 Å². The summed E-state index contributed by atoms with van der Waals surface area (Å²) >= 11 is 0. The van der Waals surface area contributed by atoms with Crippen LogP contribution in [0.15, 0.2) is 18.2 Å². The van der Waals surface area contributed by atoms with Crippen LogP contribution < -0.4 is 0 Å². The van der Waals surface area contributed by atoms with Gasteiger partial charge >= 0.3 is 0 Å². The molecule has 0 bridgehead atoms. The minimum atomic E-state index is 0.190. The number of benzene rings is 1. The van der Waals surface area contributed by atoms with Crippen LogP contribution in [0.4, 0.5) is 0 Å². The Labute approximate surface area is 148 Å². The molecule has 0 saturated carbocycles. The zero-order valence-corrected chi connectivity index (χ0v) is 14.8. The molecule has 0 radical (unpaired) electrons. The zero-order valence-electron chi connectivity index (χ0n) is 14.8. The Bertz CT molecular complexity index is 817. The number of para-hydroxylation sites is 1. The summed E-state index contributed by atoms with van der Waals surface area (Å²) in [4.78, 5) is 19.0. The highest BCUT2D eigenvalue weighted by Crippen LogP contribution is 2.38. The van der Waals surface area contributed by atoms with Crippen LogP contribution in [-0.4, -0.2) is 42.1 Å². The molecule has 1 spiro atoms. The Morgan fingerprint density at radius 2 is 2.08 bits per heavy atom. The van der Waals surface area contributed by atoms with Crippen molar-refractivity contribution in [1.82, 2.24) is 9.88 Å². The molecule has 4 nitrogen and oxygen atoms in total. The van der Waals surface area contributed by atoms with Gasteiger partial charge in [0.1, 0.15) is 0 Å². The molecule has 1 aromatic heterocycles. The highest BCUT2D eigenvalue weighted by atomic mass is 16.5. The molecule has 2 aliphatic heterocycles. The van der Waals surface area contributed by atoms with Crippen molar-refractivity contribution in [3.8, 4) is 0 Å². The lowest BCUT2D eigenvalue weighted by Gasteiger charge is -2.39. The van der Waals surface area contributed by atoms with E-state index in [1.54, 1.807) is 0 Å². The van der Waals surface area contributed by atoms with Crippen molar-refractivity contribution in [3.05, 3.63) is 35.0 Å². The third-order valence-electron chi connectivity index (χ3n) is 6.50. The SMILES string of the molecule is O=C(c1cccc2c3c([nH]c12)CCCC3)N1CCC[C@@]2(CCOC2)C1. The van der Waals surface area contributed by atoms with E-state index in [1.807, 2.05) is 6.07 Å². The molecule has 2 aromatic rings. The average Bonchev–Trinajstić information content (AvgIpc) is 3.25. The van der Waals surface area contributed by atoms with Crippen molar-refractivity contribution in [1.29, 1.82) is 0 Å². The Balaban J connectivity index is 1.50. The summed E-state index contributed by atoms with van der Waals surface area (Å²) in [6.45, 7) is 3.39. The number of nitrogens with one attached hydrogen (secondary N) is 1. The predicted molar refractivity (Wildman–Crippen MR) is 97.9 cm³/mol. The third kappa shape index (κ3) is 2.50. The van der Waals surface area contributed by atoms with E-state index >= 15 is 0 Å². The van der Waals surface area contributed by atoms with E-state index in [0.717, 1.165) is 63.1 Å². The topological polar surface area (TPSA) is 45.3 Å². The van der Waals surface area contributed by atoms with Crippen molar-refractivity contribution in [2.75, 3.05) is 26.3 Å². The van der Waals surface area contributed by atoms with Crippen LogP contribution >= 0.6 is 0 Å². The van der Waals surface area contributed by atoms with Crippen LogP contribution in [-0.2, 0) is 17.6 Å². The molecule has 3 aliphatic rings. The van der Waals surface area contributed by atoms with Gasteiger partial charge in [0.2, 0.25) is 0 Å². The van der Waals surface area contributed by atoms with Crippen LogP contribution in [0.3, 0.4) is 0 Å². The second-order valence-electron chi connectivity index (χ2n) is 8.15. The number of H-pyrrole nitrogens is 1. The van der Waals surface area contributed by atoms with Crippen molar-refractivity contribution < 1.29 is 9.53 Å². The number of fused-ring (bicyclic) bond motifs is 3. The van der Waals surface area contributed by atoms with Crippen molar-refractivity contribution in [2.24, 2.45) is 5.41 Å². The Kier molecular flexibility index (Phi) is 3.63. The molecule has 1 aromatic carbocycles. The number of hydrogen-bond acceptors (Lipinski definition) is 2. The standard InChI is InChI=1S/C21H26N2O2/c24-20(23-11-4-9-21(13-23)10-12-25-14-21)17-7-3-6-16-15-5-1-2-8-18(15)22-19(16)17/h3,6-7,22H,1-2,4-5,8-14H2/t21-/m1/s1. The van der Waals surface area contributed by atoms with Crippen molar-refractivity contribution >= 4 is 16.8 Å². The van der Waals surface area contributed by atoms with Crippen LogP contribution in [0.2, 0.25) is 0 Å². The number of carbonyl (C=O) groups is 1.